The van der Waals surface area contributed by atoms with E-state index in [9.17, 15) is 14.0 Å². The maximum atomic E-state index is 12.8. The van der Waals surface area contributed by atoms with Gasteiger partial charge in [0.1, 0.15) is 12.4 Å². The zero-order valence-corrected chi connectivity index (χ0v) is 10.6. The summed E-state index contributed by atoms with van der Waals surface area (Å²) in [5.41, 5.74) is 0.337. The van der Waals surface area contributed by atoms with Crippen LogP contribution in [0.2, 0.25) is 0 Å². The number of carbonyl (C=O) groups is 2. The lowest BCUT2D eigenvalue weighted by Crippen LogP contribution is -2.35. The molecule has 0 atom stereocenters. The standard InChI is InChI=1S/C10H7FIN3O2/c11-6-1-2-8(7(12)5-6)15-10(17)9(16)14-4-3-13/h1-2,5H,4H2,(H,14,16)(H,15,17). The van der Waals surface area contributed by atoms with E-state index in [2.05, 4.69) is 10.6 Å². The number of carbonyl (C=O) groups excluding carboxylic acids is 2. The Morgan fingerprint density at radius 2 is 2.12 bits per heavy atom. The van der Waals surface area contributed by atoms with Crippen molar-refractivity contribution < 1.29 is 14.0 Å². The maximum Gasteiger partial charge on any atom is 0.313 e. The number of nitrogens with one attached hydrogen (secondary N) is 2. The van der Waals surface area contributed by atoms with E-state index < -0.39 is 17.6 Å². The molecule has 2 amide bonds. The molecule has 0 aliphatic rings. The highest BCUT2D eigenvalue weighted by atomic mass is 127. The first-order valence-corrected chi connectivity index (χ1v) is 5.53. The highest BCUT2D eigenvalue weighted by Gasteiger charge is 2.14. The van der Waals surface area contributed by atoms with Gasteiger partial charge in [-0.2, -0.15) is 5.26 Å². The normalized spacial score (nSPS) is 9.24. The molecular weight excluding hydrogens is 340 g/mol. The minimum Gasteiger partial charge on any atom is -0.335 e. The average molecular weight is 347 g/mol. The molecule has 0 saturated carbocycles. The zero-order chi connectivity index (χ0) is 12.8. The van der Waals surface area contributed by atoms with E-state index in [-0.39, 0.29) is 6.54 Å². The summed E-state index contributed by atoms with van der Waals surface area (Å²) in [4.78, 5) is 22.5. The Morgan fingerprint density at radius 3 is 2.71 bits per heavy atom. The Hall–Kier alpha value is -1.69. The lowest BCUT2D eigenvalue weighted by atomic mass is 10.3. The quantitative estimate of drug-likeness (QED) is 0.476. The van der Waals surface area contributed by atoms with Crippen LogP contribution < -0.4 is 10.6 Å². The van der Waals surface area contributed by atoms with E-state index in [0.717, 1.165) is 0 Å². The molecular formula is C10H7FIN3O2. The van der Waals surface area contributed by atoms with Crippen molar-refractivity contribution in [3.8, 4) is 6.07 Å². The van der Waals surface area contributed by atoms with E-state index in [1.165, 1.54) is 18.2 Å². The van der Waals surface area contributed by atoms with Crippen LogP contribution in [0.5, 0.6) is 0 Å². The summed E-state index contributed by atoms with van der Waals surface area (Å²) in [6, 6.07) is 5.42. The third kappa shape index (κ3) is 3.99. The Bertz CT molecular complexity index is 499. The van der Waals surface area contributed by atoms with Crippen LogP contribution in [0.4, 0.5) is 10.1 Å². The Balaban J connectivity index is 2.68. The van der Waals surface area contributed by atoms with Crippen molar-refractivity contribution in [2.75, 3.05) is 11.9 Å². The summed E-state index contributed by atoms with van der Waals surface area (Å²) < 4.78 is 13.3. The molecule has 0 radical (unpaired) electrons. The Labute approximate surface area is 110 Å². The molecule has 7 heteroatoms. The van der Waals surface area contributed by atoms with Gasteiger partial charge in [0.15, 0.2) is 0 Å². The molecule has 0 spiro atoms. The molecule has 0 saturated heterocycles. The Morgan fingerprint density at radius 1 is 1.41 bits per heavy atom. The summed E-state index contributed by atoms with van der Waals surface area (Å²) in [7, 11) is 0. The van der Waals surface area contributed by atoms with Gasteiger partial charge in [0.2, 0.25) is 0 Å². The van der Waals surface area contributed by atoms with E-state index in [1.807, 2.05) is 22.6 Å². The molecule has 0 aromatic heterocycles. The Kier molecular flexibility index (Phi) is 4.84. The van der Waals surface area contributed by atoms with Gasteiger partial charge in [-0.05, 0) is 40.8 Å². The first kappa shape index (κ1) is 13.4. The topological polar surface area (TPSA) is 82.0 Å². The van der Waals surface area contributed by atoms with Gasteiger partial charge in [0, 0.05) is 3.57 Å². The molecule has 1 rings (SSSR count). The van der Waals surface area contributed by atoms with Crippen molar-refractivity contribution in [3.63, 3.8) is 0 Å². The number of nitrogens with zero attached hydrogens (tertiary/aromatic N) is 1. The van der Waals surface area contributed by atoms with Crippen molar-refractivity contribution in [3.05, 3.63) is 27.6 Å². The van der Waals surface area contributed by atoms with E-state index in [4.69, 9.17) is 5.26 Å². The van der Waals surface area contributed by atoms with E-state index >= 15 is 0 Å². The molecule has 0 aliphatic carbocycles. The average Bonchev–Trinajstić information content (AvgIpc) is 2.29. The fraction of sp³-hybridized carbons (Fsp3) is 0.100. The van der Waals surface area contributed by atoms with Crippen LogP contribution in [0, 0.1) is 20.7 Å². The molecule has 0 bridgehead atoms. The molecule has 1 aromatic rings. The molecule has 0 fully saturated rings. The van der Waals surface area contributed by atoms with Crippen molar-refractivity contribution in [1.29, 1.82) is 5.26 Å². The second-order valence-electron chi connectivity index (χ2n) is 2.92. The molecule has 88 valence electrons. The number of rotatable bonds is 2. The van der Waals surface area contributed by atoms with Crippen LogP contribution >= 0.6 is 22.6 Å². The van der Waals surface area contributed by atoms with Crippen molar-refractivity contribution in [2.24, 2.45) is 0 Å². The number of benzene rings is 1. The minimum absolute atomic E-state index is 0.243. The second kappa shape index (κ2) is 6.15. The van der Waals surface area contributed by atoms with E-state index in [1.54, 1.807) is 6.07 Å². The summed E-state index contributed by atoms with van der Waals surface area (Å²) >= 11 is 1.83. The predicted molar refractivity (Wildman–Crippen MR) is 66.4 cm³/mol. The number of nitriles is 1. The highest BCUT2D eigenvalue weighted by Crippen LogP contribution is 2.18. The lowest BCUT2D eigenvalue weighted by Gasteiger charge is -2.06. The van der Waals surface area contributed by atoms with Gasteiger partial charge in [-0.1, -0.05) is 0 Å². The fourth-order valence-corrected chi connectivity index (χ4v) is 1.58. The third-order valence-electron chi connectivity index (χ3n) is 1.71. The van der Waals surface area contributed by atoms with Crippen molar-refractivity contribution in [2.45, 2.75) is 0 Å². The number of anilines is 1. The van der Waals surface area contributed by atoms with Crippen LogP contribution in [0.1, 0.15) is 0 Å². The molecule has 2 N–H and O–H groups in total. The van der Waals surface area contributed by atoms with Gasteiger partial charge in [0.25, 0.3) is 0 Å². The molecule has 1 aromatic carbocycles. The molecule has 0 unspecified atom stereocenters. The number of hydrogen-bond acceptors (Lipinski definition) is 3. The van der Waals surface area contributed by atoms with Gasteiger partial charge in [0.05, 0.1) is 11.8 Å². The zero-order valence-electron chi connectivity index (χ0n) is 8.46. The predicted octanol–water partition coefficient (Wildman–Crippen LogP) is 1.01. The van der Waals surface area contributed by atoms with Crippen LogP contribution in [0.15, 0.2) is 18.2 Å². The summed E-state index contributed by atoms with van der Waals surface area (Å²) in [6.45, 7) is -0.243. The monoisotopic (exact) mass is 347 g/mol. The number of hydrogen-bond donors (Lipinski definition) is 2. The highest BCUT2D eigenvalue weighted by molar-refractivity contribution is 14.1. The van der Waals surface area contributed by atoms with Crippen LogP contribution in [-0.4, -0.2) is 18.4 Å². The van der Waals surface area contributed by atoms with Gasteiger partial charge in [-0.15, -0.1) is 0 Å². The van der Waals surface area contributed by atoms with Crippen LogP contribution in [0.25, 0.3) is 0 Å². The first-order chi connectivity index (χ1) is 8.04. The smallest absolute Gasteiger partial charge is 0.313 e. The van der Waals surface area contributed by atoms with Gasteiger partial charge in [-0.25, -0.2) is 4.39 Å². The minimum atomic E-state index is -0.910. The van der Waals surface area contributed by atoms with Gasteiger partial charge >= 0.3 is 11.8 Å². The molecule has 5 nitrogen and oxygen atoms in total. The lowest BCUT2D eigenvalue weighted by molar-refractivity contribution is -0.136. The molecule has 0 heterocycles. The van der Waals surface area contributed by atoms with Crippen molar-refractivity contribution >= 4 is 40.1 Å². The second-order valence-corrected chi connectivity index (χ2v) is 4.08. The van der Waals surface area contributed by atoms with Crippen molar-refractivity contribution in [1.82, 2.24) is 5.32 Å². The van der Waals surface area contributed by atoms with Gasteiger partial charge < -0.3 is 10.6 Å². The maximum absolute atomic E-state index is 12.8. The largest absolute Gasteiger partial charge is 0.335 e. The number of halogens is 2. The molecule has 17 heavy (non-hydrogen) atoms. The summed E-state index contributed by atoms with van der Waals surface area (Å²) in [5, 5.41) is 12.6. The van der Waals surface area contributed by atoms with Crippen LogP contribution in [-0.2, 0) is 9.59 Å². The molecule has 0 aliphatic heterocycles. The summed E-state index contributed by atoms with van der Waals surface area (Å²) in [5.74, 6) is -2.24. The fourth-order valence-electron chi connectivity index (χ4n) is 0.970. The SMILES string of the molecule is N#CCNC(=O)C(=O)Nc1ccc(F)cc1I. The first-order valence-electron chi connectivity index (χ1n) is 4.45. The van der Waals surface area contributed by atoms with Gasteiger partial charge in [-0.3, -0.25) is 9.59 Å². The third-order valence-corrected chi connectivity index (χ3v) is 2.61. The van der Waals surface area contributed by atoms with Crippen LogP contribution in [0.3, 0.4) is 0 Å². The summed E-state index contributed by atoms with van der Waals surface area (Å²) in [6.07, 6.45) is 0. The van der Waals surface area contributed by atoms with E-state index in [0.29, 0.717) is 9.26 Å². The number of amides is 2.